The summed E-state index contributed by atoms with van der Waals surface area (Å²) >= 11 is 3.45. The lowest BCUT2D eigenvalue weighted by molar-refractivity contribution is -0.154. The molecule has 4 N–H and O–H groups in total. The number of hydrogen-bond acceptors (Lipinski definition) is 6. The van der Waals surface area contributed by atoms with Gasteiger partial charge in [0.25, 0.3) is 0 Å². The summed E-state index contributed by atoms with van der Waals surface area (Å²) in [6.45, 7) is 0. The standard InChI is InChI=1S/C26H24BrNO6/c1-32-17-12-18(33-2)22-19(13-17)34-26(15-8-10-16(27)11-9-15)21(14-6-4-3-5-7-14)20(24(28)30)23(29)25(22,26)31/h3-13,20-21,23,29,31H,1-2H3,(H2,28,30)/t20-,21-,23-,25+,26+/m1/s1. The van der Waals surface area contributed by atoms with Crippen molar-refractivity contribution in [2.75, 3.05) is 14.2 Å². The average molecular weight is 526 g/mol. The summed E-state index contributed by atoms with van der Waals surface area (Å²) in [5.74, 6) is -1.66. The molecule has 0 radical (unpaired) electrons. The Morgan fingerprint density at radius 3 is 2.32 bits per heavy atom. The van der Waals surface area contributed by atoms with E-state index in [1.165, 1.54) is 14.2 Å². The van der Waals surface area contributed by atoms with Gasteiger partial charge >= 0.3 is 0 Å². The summed E-state index contributed by atoms with van der Waals surface area (Å²) in [5.41, 5.74) is 3.72. The van der Waals surface area contributed by atoms with Gasteiger partial charge in [0.1, 0.15) is 23.4 Å². The molecule has 0 bridgehead atoms. The third kappa shape index (κ3) is 2.85. The number of carbonyl (C=O) groups is 1. The lowest BCUT2D eigenvalue weighted by atomic mass is 9.70. The largest absolute Gasteiger partial charge is 0.496 e. The number of amides is 1. The second kappa shape index (κ2) is 8.01. The zero-order valence-electron chi connectivity index (χ0n) is 18.6. The summed E-state index contributed by atoms with van der Waals surface area (Å²) in [6, 6.07) is 19.7. The number of ether oxygens (including phenoxy) is 3. The van der Waals surface area contributed by atoms with E-state index in [2.05, 4.69) is 15.9 Å². The first-order chi connectivity index (χ1) is 16.3. The minimum atomic E-state index is -2.06. The van der Waals surface area contributed by atoms with E-state index >= 15 is 0 Å². The van der Waals surface area contributed by atoms with Crippen LogP contribution in [0.2, 0.25) is 0 Å². The van der Waals surface area contributed by atoms with Gasteiger partial charge in [-0.3, -0.25) is 4.79 Å². The molecule has 34 heavy (non-hydrogen) atoms. The van der Waals surface area contributed by atoms with Crippen molar-refractivity contribution in [3.8, 4) is 17.2 Å². The zero-order valence-corrected chi connectivity index (χ0v) is 20.2. The van der Waals surface area contributed by atoms with Gasteiger partial charge in [0.15, 0.2) is 11.2 Å². The fraction of sp³-hybridized carbons (Fsp3) is 0.269. The van der Waals surface area contributed by atoms with Gasteiger partial charge in [-0.15, -0.1) is 0 Å². The normalized spacial score (nSPS) is 29.1. The lowest BCUT2D eigenvalue weighted by Crippen LogP contribution is -2.52. The Hall–Kier alpha value is -3.07. The summed E-state index contributed by atoms with van der Waals surface area (Å²) in [7, 11) is 2.97. The first-order valence-electron chi connectivity index (χ1n) is 10.8. The number of methoxy groups -OCH3 is 2. The molecule has 1 fully saturated rings. The highest BCUT2D eigenvalue weighted by atomic mass is 79.9. The molecule has 5 rings (SSSR count). The van der Waals surface area contributed by atoms with Crippen molar-refractivity contribution >= 4 is 21.8 Å². The Balaban J connectivity index is 1.89. The smallest absolute Gasteiger partial charge is 0.224 e. The van der Waals surface area contributed by atoms with Crippen molar-refractivity contribution in [3.05, 3.63) is 87.9 Å². The van der Waals surface area contributed by atoms with Gasteiger partial charge < -0.3 is 30.2 Å². The van der Waals surface area contributed by atoms with E-state index < -0.39 is 35.0 Å². The van der Waals surface area contributed by atoms with E-state index in [-0.39, 0.29) is 11.3 Å². The highest BCUT2D eigenvalue weighted by Gasteiger charge is 2.77. The highest BCUT2D eigenvalue weighted by Crippen LogP contribution is 2.70. The molecule has 1 aliphatic heterocycles. The number of benzene rings is 3. The molecule has 0 saturated heterocycles. The van der Waals surface area contributed by atoms with Crippen LogP contribution in [0.25, 0.3) is 0 Å². The molecule has 0 unspecified atom stereocenters. The molecule has 3 aromatic rings. The maximum atomic E-state index is 12.8. The zero-order chi connectivity index (χ0) is 24.3. The van der Waals surface area contributed by atoms with Gasteiger partial charge in [0.05, 0.1) is 25.7 Å². The Bertz CT molecular complexity index is 1250. The number of primary amides is 1. The summed E-state index contributed by atoms with van der Waals surface area (Å²) < 4.78 is 18.5. The summed E-state index contributed by atoms with van der Waals surface area (Å²) in [4.78, 5) is 12.8. The number of hydrogen-bond donors (Lipinski definition) is 3. The van der Waals surface area contributed by atoms with E-state index in [4.69, 9.17) is 19.9 Å². The van der Waals surface area contributed by atoms with Crippen molar-refractivity contribution in [1.29, 1.82) is 0 Å². The average Bonchev–Trinajstić information content (AvgIpc) is 3.22. The van der Waals surface area contributed by atoms with E-state index in [1.54, 1.807) is 24.3 Å². The molecule has 5 atom stereocenters. The molecule has 8 heteroatoms. The monoisotopic (exact) mass is 525 g/mol. The van der Waals surface area contributed by atoms with Gasteiger partial charge in [-0.05, 0) is 23.3 Å². The van der Waals surface area contributed by atoms with Gasteiger partial charge in [-0.25, -0.2) is 0 Å². The number of nitrogens with two attached hydrogens (primary N) is 1. The molecule has 0 spiro atoms. The van der Waals surface area contributed by atoms with Crippen LogP contribution in [0.1, 0.15) is 22.6 Å². The minimum absolute atomic E-state index is 0.246. The van der Waals surface area contributed by atoms with E-state index in [0.717, 1.165) is 4.47 Å². The first kappa shape index (κ1) is 22.7. The predicted octanol–water partition coefficient (Wildman–Crippen LogP) is 3.20. The van der Waals surface area contributed by atoms with E-state index in [0.29, 0.717) is 22.6 Å². The SMILES string of the molecule is COc1cc(OC)c2c(c1)O[C@@]1(c3ccc(Br)cc3)[C@H](c3ccccc3)[C@@H](C(N)=O)[C@@H](O)[C@@]21O. The van der Waals surface area contributed by atoms with Gasteiger partial charge in [-0.1, -0.05) is 58.4 Å². The third-order valence-corrected chi connectivity index (χ3v) is 7.57. The van der Waals surface area contributed by atoms with Crippen molar-refractivity contribution in [2.45, 2.75) is 23.2 Å². The summed E-state index contributed by atoms with van der Waals surface area (Å²) in [5, 5.41) is 24.2. The van der Waals surface area contributed by atoms with E-state index in [9.17, 15) is 15.0 Å². The van der Waals surface area contributed by atoms with Crippen molar-refractivity contribution in [1.82, 2.24) is 0 Å². The maximum absolute atomic E-state index is 12.8. The Morgan fingerprint density at radius 1 is 1.06 bits per heavy atom. The summed E-state index contributed by atoms with van der Waals surface area (Å²) in [6.07, 6.45) is -1.58. The minimum Gasteiger partial charge on any atom is -0.496 e. The van der Waals surface area contributed by atoms with E-state index in [1.807, 2.05) is 42.5 Å². The van der Waals surface area contributed by atoms with Crippen LogP contribution in [0.15, 0.2) is 71.2 Å². The molecule has 1 amide bonds. The number of carbonyl (C=O) groups excluding carboxylic acids is 1. The quantitative estimate of drug-likeness (QED) is 0.471. The third-order valence-electron chi connectivity index (χ3n) is 7.04. The van der Waals surface area contributed by atoms with Crippen LogP contribution in [-0.4, -0.2) is 36.4 Å². The number of aliphatic hydroxyl groups excluding tert-OH is 1. The lowest BCUT2D eigenvalue weighted by Gasteiger charge is -2.40. The molecule has 1 heterocycles. The Kier molecular flexibility index (Phi) is 5.35. The fourth-order valence-corrected chi connectivity index (χ4v) is 5.94. The highest BCUT2D eigenvalue weighted by molar-refractivity contribution is 9.10. The first-order valence-corrected chi connectivity index (χ1v) is 11.5. The second-order valence-corrected chi connectivity index (χ2v) is 9.49. The van der Waals surface area contributed by atoms with Crippen molar-refractivity contribution in [2.24, 2.45) is 11.7 Å². The number of aliphatic hydroxyl groups is 2. The van der Waals surface area contributed by atoms with Crippen LogP contribution in [0, 0.1) is 5.92 Å². The Labute approximate surface area is 205 Å². The van der Waals surface area contributed by atoms with Crippen molar-refractivity contribution in [3.63, 3.8) is 0 Å². The number of halogens is 1. The molecule has 3 aromatic carbocycles. The van der Waals surface area contributed by atoms with Crippen LogP contribution in [0.4, 0.5) is 0 Å². The van der Waals surface area contributed by atoms with Crippen molar-refractivity contribution < 1.29 is 29.2 Å². The Morgan fingerprint density at radius 2 is 1.74 bits per heavy atom. The molecule has 1 saturated carbocycles. The molecule has 2 aliphatic rings. The van der Waals surface area contributed by atoms with Crippen LogP contribution in [0.3, 0.4) is 0 Å². The molecular weight excluding hydrogens is 502 g/mol. The van der Waals surface area contributed by atoms with Crippen LogP contribution >= 0.6 is 15.9 Å². The van der Waals surface area contributed by atoms with Gasteiger partial charge in [-0.2, -0.15) is 0 Å². The molecule has 0 aromatic heterocycles. The topological polar surface area (TPSA) is 111 Å². The van der Waals surface area contributed by atoms with Crippen LogP contribution < -0.4 is 19.9 Å². The number of rotatable bonds is 5. The molecule has 176 valence electrons. The van der Waals surface area contributed by atoms with Gasteiger partial charge in [0.2, 0.25) is 5.91 Å². The van der Waals surface area contributed by atoms with Crippen LogP contribution in [-0.2, 0) is 16.0 Å². The molecule has 7 nitrogen and oxygen atoms in total. The van der Waals surface area contributed by atoms with Crippen LogP contribution in [0.5, 0.6) is 17.2 Å². The molecular formula is C26H24BrNO6. The molecule has 1 aliphatic carbocycles. The second-order valence-electron chi connectivity index (χ2n) is 8.58. The fourth-order valence-electron chi connectivity index (χ4n) is 5.68. The number of fused-ring (bicyclic) bond motifs is 3. The van der Waals surface area contributed by atoms with Gasteiger partial charge in [0, 0.05) is 22.5 Å². The predicted molar refractivity (Wildman–Crippen MR) is 128 cm³/mol. The maximum Gasteiger partial charge on any atom is 0.224 e.